The van der Waals surface area contributed by atoms with Crippen molar-refractivity contribution in [1.82, 2.24) is 15.5 Å². The van der Waals surface area contributed by atoms with Gasteiger partial charge in [0.25, 0.3) is 5.91 Å². The second-order valence-corrected chi connectivity index (χ2v) is 6.38. The van der Waals surface area contributed by atoms with E-state index in [-0.39, 0.29) is 5.91 Å². The summed E-state index contributed by atoms with van der Waals surface area (Å²) in [4.78, 5) is 18.5. The lowest BCUT2D eigenvalue weighted by atomic mass is 10.2. The lowest BCUT2D eigenvalue weighted by molar-refractivity contribution is 0.0954. The molecule has 0 atom stereocenters. The molecule has 2 N–H and O–H groups in total. The molecule has 0 aromatic heterocycles. The predicted octanol–water partition coefficient (Wildman–Crippen LogP) is 2.79. The van der Waals surface area contributed by atoms with Crippen LogP contribution in [0.4, 0.5) is 0 Å². The number of carbonyl (C=O) groups is 1. The fourth-order valence-electron chi connectivity index (χ4n) is 2.54. The molecule has 0 saturated heterocycles. The summed E-state index contributed by atoms with van der Waals surface area (Å²) in [6, 6.07) is 14.8. The lowest BCUT2D eigenvalue weighted by Crippen LogP contribution is -2.42. The minimum Gasteiger partial charge on any atom is -0.497 e. The Hall–Kier alpha value is -2.73. The molecule has 0 bridgehead atoms. The molecular weight excluding hydrogens is 364 g/mol. The molecule has 0 aliphatic carbocycles. The van der Waals surface area contributed by atoms with Crippen molar-refractivity contribution < 1.29 is 9.53 Å². The van der Waals surface area contributed by atoms with Crippen molar-refractivity contribution in [2.75, 3.05) is 34.3 Å². The van der Waals surface area contributed by atoms with E-state index in [4.69, 9.17) is 16.3 Å². The van der Waals surface area contributed by atoms with E-state index in [1.165, 1.54) is 0 Å². The molecule has 1 amide bonds. The van der Waals surface area contributed by atoms with Crippen LogP contribution in [0.25, 0.3) is 0 Å². The van der Waals surface area contributed by atoms with Crippen molar-refractivity contribution in [2.24, 2.45) is 4.99 Å². The molecule has 2 aromatic rings. The van der Waals surface area contributed by atoms with Gasteiger partial charge in [-0.15, -0.1) is 0 Å². The highest BCUT2D eigenvalue weighted by molar-refractivity contribution is 6.30. The Morgan fingerprint density at radius 2 is 1.85 bits per heavy atom. The van der Waals surface area contributed by atoms with Gasteiger partial charge in [0.2, 0.25) is 0 Å². The number of rotatable bonds is 7. The van der Waals surface area contributed by atoms with Gasteiger partial charge in [0.05, 0.1) is 7.11 Å². The first-order valence-corrected chi connectivity index (χ1v) is 8.99. The van der Waals surface area contributed by atoms with Crippen molar-refractivity contribution in [3.63, 3.8) is 0 Å². The molecule has 0 fully saturated rings. The number of halogens is 1. The van der Waals surface area contributed by atoms with E-state index in [2.05, 4.69) is 15.6 Å². The zero-order valence-electron chi connectivity index (χ0n) is 15.8. The summed E-state index contributed by atoms with van der Waals surface area (Å²) < 4.78 is 5.14. The Labute approximate surface area is 165 Å². The number of aliphatic imine (C=N–C) groups is 1. The highest BCUT2D eigenvalue weighted by Gasteiger charge is 2.08. The molecule has 7 heteroatoms. The van der Waals surface area contributed by atoms with Crippen LogP contribution in [-0.2, 0) is 6.54 Å². The summed E-state index contributed by atoms with van der Waals surface area (Å²) in [6.45, 7) is 1.74. The standard InChI is InChI=1S/C20H25ClN4O2/c1-22-20(25(2)14-15-7-9-17(21)10-8-15)24-12-11-23-19(26)16-5-4-6-18(13-16)27-3/h4-10,13H,11-12,14H2,1-3H3,(H,22,24)(H,23,26). The average Bonchev–Trinajstić information content (AvgIpc) is 2.69. The van der Waals surface area contributed by atoms with Crippen LogP contribution >= 0.6 is 11.6 Å². The number of nitrogens with one attached hydrogen (secondary N) is 2. The van der Waals surface area contributed by atoms with Crippen LogP contribution in [0.5, 0.6) is 5.75 Å². The van der Waals surface area contributed by atoms with Gasteiger partial charge >= 0.3 is 0 Å². The van der Waals surface area contributed by atoms with Gasteiger partial charge in [-0.1, -0.05) is 29.8 Å². The Morgan fingerprint density at radius 3 is 2.52 bits per heavy atom. The van der Waals surface area contributed by atoms with Crippen molar-refractivity contribution in [2.45, 2.75) is 6.54 Å². The first-order chi connectivity index (χ1) is 13.0. The third-order valence-electron chi connectivity index (χ3n) is 3.93. The van der Waals surface area contributed by atoms with E-state index in [9.17, 15) is 4.79 Å². The third-order valence-corrected chi connectivity index (χ3v) is 4.18. The smallest absolute Gasteiger partial charge is 0.251 e. The first-order valence-electron chi connectivity index (χ1n) is 8.62. The number of guanidine groups is 1. The van der Waals surface area contributed by atoms with Gasteiger partial charge in [-0.25, -0.2) is 0 Å². The van der Waals surface area contributed by atoms with Gasteiger partial charge in [-0.2, -0.15) is 0 Å². The van der Waals surface area contributed by atoms with Gasteiger partial charge in [-0.05, 0) is 35.9 Å². The van der Waals surface area contributed by atoms with Crippen molar-refractivity contribution >= 4 is 23.5 Å². The number of amides is 1. The number of hydrogen-bond donors (Lipinski definition) is 2. The predicted molar refractivity (Wildman–Crippen MR) is 110 cm³/mol. The van der Waals surface area contributed by atoms with Gasteiger partial charge < -0.3 is 20.3 Å². The zero-order valence-corrected chi connectivity index (χ0v) is 16.6. The van der Waals surface area contributed by atoms with Gasteiger partial charge in [0.15, 0.2) is 5.96 Å². The first kappa shape index (κ1) is 20.6. The van der Waals surface area contributed by atoms with Gasteiger partial charge in [0, 0.05) is 44.3 Å². The maximum Gasteiger partial charge on any atom is 0.251 e. The molecular formula is C20H25ClN4O2. The van der Waals surface area contributed by atoms with E-state index in [0.717, 1.165) is 16.5 Å². The average molecular weight is 389 g/mol. The van der Waals surface area contributed by atoms with Gasteiger partial charge in [0.1, 0.15) is 5.75 Å². The quantitative estimate of drug-likeness (QED) is 0.435. The molecule has 2 rings (SSSR count). The fourth-order valence-corrected chi connectivity index (χ4v) is 2.67. The van der Waals surface area contributed by atoms with E-state index in [1.807, 2.05) is 36.2 Å². The minimum atomic E-state index is -0.139. The highest BCUT2D eigenvalue weighted by atomic mass is 35.5. The van der Waals surface area contributed by atoms with E-state index >= 15 is 0 Å². The van der Waals surface area contributed by atoms with Crippen LogP contribution in [0.2, 0.25) is 5.02 Å². The summed E-state index contributed by atoms with van der Waals surface area (Å²) in [7, 11) is 5.27. The number of carbonyl (C=O) groups excluding carboxylic acids is 1. The van der Waals surface area contributed by atoms with Gasteiger partial charge in [-0.3, -0.25) is 9.79 Å². The number of hydrogen-bond acceptors (Lipinski definition) is 3. The number of nitrogens with zero attached hydrogens (tertiary/aromatic N) is 2. The Bertz CT molecular complexity index is 778. The molecule has 2 aromatic carbocycles. The van der Waals surface area contributed by atoms with Crippen LogP contribution in [0, 0.1) is 0 Å². The molecule has 6 nitrogen and oxygen atoms in total. The maximum atomic E-state index is 12.2. The van der Waals surface area contributed by atoms with Crippen molar-refractivity contribution in [3.8, 4) is 5.75 Å². The van der Waals surface area contributed by atoms with E-state index in [0.29, 0.717) is 30.9 Å². The highest BCUT2D eigenvalue weighted by Crippen LogP contribution is 2.12. The number of ether oxygens (including phenoxy) is 1. The molecule has 27 heavy (non-hydrogen) atoms. The number of benzene rings is 2. The molecule has 0 radical (unpaired) electrons. The van der Waals surface area contributed by atoms with Crippen LogP contribution in [0.3, 0.4) is 0 Å². The summed E-state index contributed by atoms with van der Waals surface area (Å²) in [5.41, 5.74) is 1.70. The monoisotopic (exact) mass is 388 g/mol. The molecule has 0 spiro atoms. The largest absolute Gasteiger partial charge is 0.497 e. The zero-order chi connectivity index (χ0) is 19.6. The summed E-state index contributed by atoms with van der Waals surface area (Å²) in [5.74, 6) is 1.27. The topological polar surface area (TPSA) is 66.0 Å². The van der Waals surface area contributed by atoms with E-state index in [1.54, 1.807) is 38.4 Å². The molecule has 0 aliphatic heterocycles. The lowest BCUT2D eigenvalue weighted by Gasteiger charge is -2.22. The SMILES string of the molecule is CN=C(NCCNC(=O)c1cccc(OC)c1)N(C)Cc1ccc(Cl)cc1. The van der Waals surface area contributed by atoms with Crippen LogP contribution in [-0.4, -0.2) is 51.1 Å². The Balaban J connectivity index is 1.78. The summed E-state index contributed by atoms with van der Waals surface area (Å²) in [5, 5.41) is 6.84. The summed E-state index contributed by atoms with van der Waals surface area (Å²) >= 11 is 5.92. The third kappa shape index (κ3) is 6.49. The summed E-state index contributed by atoms with van der Waals surface area (Å²) in [6.07, 6.45) is 0. The van der Waals surface area contributed by atoms with Crippen molar-refractivity contribution in [3.05, 3.63) is 64.7 Å². The number of methoxy groups -OCH3 is 1. The molecule has 0 aliphatic rings. The Morgan fingerprint density at radius 1 is 1.15 bits per heavy atom. The van der Waals surface area contributed by atoms with E-state index < -0.39 is 0 Å². The minimum absolute atomic E-state index is 0.139. The fraction of sp³-hybridized carbons (Fsp3) is 0.300. The maximum absolute atomic E-state index is 12.2. The molecule has 144 valence electrons. The normalized spacial score (nSPS) is 11.0. The second kappa shape index (κ2) is 10.4. The molecule has 0 heterocycles. The van der Waals surface area contributed by atoms with Crippen LogP contribution in [0.15, 0.2) is 53.5 Å². The van der Waals surface area contributed by atoms with Crippen molar-refractivity contribution in [1.29, 1.82) is 0 Å². The second-order valence-electron chi connectivity index (χ2n) is 5.94. The molecule has 0 unspecified atom stereocenters. The van der Waals surface area contributed by atoms with Crippen LogP contribution in [0.1, 0.15) is 15.9 Å². The molecule has 0 saturated carbocycles. The van der Waals surface area contributed by atoms with Crippen LogP contribution < -0.4 is 15.4 Å². The Kier molecular flexibility index (Phi) is 7.95.